The van der Waals surface area contributed by atoms with Crippen LogP contribution < -0.4 is 10.1 Å². The Hall–Kier alpha value is -2.00. The second kappa shape index (κ2) is 5.17. The molecule has 2 unspecified atom stereocenters. The zero-order valence-electron chi connectivity index (χ0n) is 11.8. The molecule has 104 valence electrons. The molecule has 3 nitrogen and oxygen atoms in total. The summed E-state index contributed by atoms with van der Waals surface area (Å²) in [6.45, 7) is 4.67. The molecule has 2 aromatic carbocycles. The third-order valence-corrected chi connectivity index (χ3v) is 3.80. The number of benzene rings is 2. The molecule has 3 rings (SSSR count). The van der Waals surface area contributed by atoms with E-state index < -0.39 is 0 Å². The van der Waals surface area contributed by atoms with Crippen molar-refractivity contribution in [3.63, 3.8) is 0 Å². The van der Waals surface area contributed by atoms with Crippen molar-refractivity contribution in [2.45, 2.75) is 25.9 Å². The molecule has 0 bridgehead atoms. The Morgan fingerprint density at radius 1 is 1.25 bits per heavy atom. The molecule has 1 heterocycles. The SMILES string of the molecule is Cc1ccc(C(C)NC2COc3ccccc32)c(O)c1. The van der Waals surface area contributed by atoms with Crippen molar-refractivity contribution in [1.82, 2.24) is 5.32 Å². The fraction of sp³-hybridized carbons (Fsp3) is 0.294. The summed E-state index contributed by atoms with van der Waals surface area (Å²) in [5.41, 5.74) is 3.17. The summed E-state index contributed by atoms with van der Waals surface area (Å²) in [6, 6.07) is 14.1. The van der Waals surface area contributed by atoms with Gasteiger partial charge in [-0.25, -0.2) is 0 Å². The predicted molar refractivity (Wildman–Crippen MR) is 79.1 cm³/mol. The van der Waals surface area contributed by atoms with E-state index in [0.29, 0.717) is 12.4 Å². The fourth-order valence-electron chi connectivity index (χ4n) is 2.71. The van der Waals surface area contributed by atoms with Crippen LogP contribution in [0.1, 0.15) is 35.7 Å². The van der Waals surface area contributed by atoms with Crippen molar-refractivity contribution in [2.24, 2.45) is 0 Å². The molecule has 0 radical (unpaired) electrons. The number of hydrogen-bond acceptors (Lipinski definition) is 3. The molecule has 0 aliphatic carbocycles. The zero-order valence-corrected chi connectivity index (χ0v) is 11.8. The third-order valence-electron chi connectivity index (χ3n) is 3.80. The van der Waals surface area contributed by atoms with Gasteiger partial charge in [0.15, 0.2) is 0 Å². The monoisotopic (exact) mass is 269 g/mol. The molecule has 0 aromatic heterocycles. The average molecular weight is 269 g/mol. The fourth-order valence-corrected chi connectivity index (χ4v) is 2.71. The highest BCUT2D eigenvalue weighted by Crippen LogP contribution is 2.34. The highest BCUT2D eigenvalue weighted by Gasteiger charge is 2.25. The van der Waals surface area contributed by atoms with Gasteiger partial charge in [0, 0.05) is 17.2 Å². The van der Waals surface area contributed by atoms with Crippen molar-refractivity contribution >= 4 is 0 Å². The molecular formula is C17H19NO2. The lowest BCUT2D eigenvalue weighted by molar-refractivity contribution is 0.299. The van der Waals surface area contributed by atoms with Gasteiger partial charge in [-0.3, -0.25) is 0 Å². The topological polar surface area (TPSA) is 41.5 Å². The summed E-state index contributed by atoms with van der Waals surface area (Å²) < 4.78 is 5.67. The van der Waals surface area contributed by atoms with Crippen molar-refractivity contribution in [3.8, 4) is 11.5 Å². The molecule has 0 amide bonds. The number of phenolic OH excluding ortho intramolecular Hbond substituents is 1. The number of ether oxygens (including phenoxy) is 1. The maximum Gasteiger partial charge on any atom is 0.124 e. The van der Waals surface area contributed by atoms with Crippen molar-refractivity contribution in [1.29, 1.82) is 0 Å². The van der Waals surface area contributed by atoms with E-state index in [-0.39, 0.29) is 12.1 Å². The molecule has 1 aliphatic rings. The number of nitrogens with one attached hydrogen (secondary N) is 1. The van der Waals surface area contributed by atoms with E-state index in [0.717, 1.165) is 16.9 Å². The van der Waals surface area contributed by atoms with Crippen LogP contribution in [0, 0.1) is 6.92 Å². The van der Waals surface area contributed by atoms with E-state index in [4.69, 9.17) is 4.74 Å². The van der Waals surface area contributed by atoms with Crippen LogP contribution in [0.5, 0.6) is 11.5 Å². The van der Waals surface area contributed by atoms with Gasteiger partial charge in [0.1, 0.15) is 18.1 Å². The molecule has 1 aliphatic heterocycles. The number of rotatable bonds is 3. The van der Waals surface area contributed by atoms with Gasteiger partial charge in [0.2, 0.25) is 0 Å². The van der Waals surface area contributed by atoms with Gasteiger partial charge in [-0.1, -0.05) is 30.3 Å². The first-order chi connectivity index (χ1) is 9.65. The summed E-state index contributed by atoms with van der Waals surface area (Å²) in [4.78, 5) is 0. The van der Waals surface area contributed by atoms with Crippen LogP contribution in [-0.2, 0) is 0 Å². The number of phenols is 1. The van der Waals surface area contributed by atoms with Gasteiger partial charge < -0.3 is 15.2 Å². The van der Waals surface area contributed by atoms with E-state index in [1.807, 2.05) is 37.3 Å². The van der Waals surface area contributed by atoms with Gasteiger partial charge in [0.05, 0.1) is 6.04 Å². The first-order valence-corrected chi connectivity index (χ1v) is 6.92. The Balaban J connectivity index is 1.79. The van der Waals surface area contributed by atoms with Gasteiger partial charge in [-0.2, -0.15) is 0 Å². The van der Waals surface area contributed by atoms with Gasteiger partial charge in [-0.05, 0) is 31.5 Å². The minimum Gasteiger partial charge on any atom is -0.508 e. The molecule has 2 aromatic rings. The average Bonchev–Trinajstić information content (AvgIpc) is 2.82. The minimum absolute atomic E-state index is 0.0651. The minimum atomic E-state index is 0.0651. The summed E-state index contributed by atoms with van der Waals surface area (Å²) in [5, 5.41) is 13.6. The van der Waals surface area contributed by atoms with Crippen molar-refractivity contribution in [2.75, 3.05) is 6.61 Å². The van der Waals surface area contributed by atoms with E-state index in [9.17, 15) is 5.11 Å². The first kappa shape index (κ1) is 13.0. The summed E-state index contributed by atoms with van der Waals surface area (Å²) in [6.07, 6.45) is 0. The largest absolute Gasteiger partial charge is 0.508 e. The van der Waals surface area contributed by atoms with E-state index in [1.165, 1.54) is 5.56 Å². The predicted octanol–water partition coefficient (Wildman–Crippen LogP) is 3.48. The van der Waals surface area contributed by atoms with E-state index in [1.54, 1.807) is 6.07 Å². The standard InChI is InChI=1S/C17H19NO2/c1-11-7-8-13(16(19)9-11)12(2)18-15-10-20-17-6-4-3-5-14(15)17/h3-9,12,15,18-19H,10H2,1-2H3. The lowest BCUT2D eigenvalue weighted by Gasteiger charge is -2.20. The van der Waals surface area contributed by atoms with Crippen LogP contribution in [0.25, 0.3) is 0 Å². The quantitative estimate of drug-likeness (QED) is 0.896. The second-order valence-electron chi connectivity index (χ2n) is 5.35. The maximum atomic E-state index is 10.1. The van der Waals surface area contributed by atoms with Gasteiger partial charge in [-0.15, -0.1) is 0 Å². The van der Waals surface area contributed by atoms with Gasteiger partial charge >= 0.3 is 0 Å². The van der Waals surface area contributed by atoms with Crippen molar-refractivity contribution in [3.05, 3.63) is 59.2 Å². The Bertz CT molecular complexity index is 624. The number of hydrogen-bond donors (Lipinski definition) is 2. The lowest BCUT2D eigenvalue weighted by Crippen LogP contribution is -2.25. The Labute approximate surface area is 119 Å². The zero-order chi connectivity index (χ0) is 14.1. The molecule has 2 N–H and O–H groups in total. The van der Waals surface area contributed by atoms with Crippen LogP contribution in [0.3, 0.4) is 0 Å². The molecule has 0 saturated heterocycles. The third kappa shape index (κ3) is 2.37. The van der Waals surface area contributed by atoms with Crippen molar-refractivity contribution < 1.29 is 9.84 Å². The van der Waals surface area contributed by atoms with Crippen LogP contribution in [-0.4, -0.2) is 11.7 Å². The molecule has 20 heavy (non-hydrogen) atoms. The van der Waals surface area contributed by atoms with Crippen LogP contribution in [0.4, 0.5) is 0 Å². The summed E-state index contributed by atoms with van der Waals surface area (Å²) in [5.74, 6) is 1.29. The molecule has 0 spiro atoms. The van der Waals surface area contributed by atoms with E-state index >= 15 is 0 Å². The molecular weight excluding hydrogens is 250 g/mol. The lowest BCUT2D eigenvalue weighted by atomic mass is 10.0. The molecule has 3 heteroatoms. The van der Waals surface area contributed by atoms with Crippen LogP contribution >= 0.6 is 0 Å². The molecule has 0 fully saturated rings. The highest BCUT2D eigenvalue weighted by atomic mass is 16.5. The number of aromatic hydroxyl groups is 1. The maximum absolute atomic E-state index is 10.1. The van der Waals surface area contributed by atoms with Crippen LogP contribution in [0.15, 0.2) is 42.5 Å². The molecule has 0 saturated carbocycles. The number of aryl methyl sites for hydroxylation is 1. The summed E-state index contributed by atoms with van der Waals surface area (Å²) in [7, 11) is 0. The normalized spacial score (nSPS) is 18.4. The van der Waals surface area contributed by atoms with E-state index in [2.05, 4.69) is 18.3 Å². The smallest absolute Gasteiger partial charge is 0.124 e. The molecule has 2 atom stereocenters. The Morgan fingerprint density at radius 2 is 2.05 bits per heavy atom. The van der Waals surface area contributed by atoms with Crippen LogP contribution in [0.2, 0.25) is 0 Å². The Morgan fingerprint density at radius 3 is 2.85 bits per heavy atom. The first-order valence-electron chi connectivity index (χ1n) is 6.92. The Kier molecular flexibility index (Phi) is 3.36. The second-order valence-corrected chi connectivity index (χ2v) is 5.35. The summed E-state index contributed by atoms with van der Waals surface area (Å²) >= 11 is 0. The van der Waals surface area contributed by atoms with Gasteiger partial charge in [0.25, 0.3) is 0 Å². The number of para-hydroxylation sites is 1. The highest BCUT2D eigenvalue weighted by molar-refractivity contribution is 5.41. The number of fused-ring (bicyclic) bond motifs is 1.